The highest BCUT2D eigenvalue weighted by atomic mass is 35.5. The molecule has 0 saturated carbocycles. The molecule has 0 unspecified atom stereocenters. The number of nitrogens with zero attached hydrogens (tertiary/aromatic N) is 2. The van der Waals surface area contributed by atoms with Gasteiger partial charge in [-0.1, -0.05) is 29.8 Å². The Kier molecular flexibility index (Phi) is 6.22. The molecule has 2 rings (SSSR count). The van der Waals surface area contributed by atoms with Crippen LogP contribution in [-0.4, -0.2) is 24.5 Å². The maximum absolute atomic E-state index is 6.15. The number of halogens is 1. The maximum atomic E-state index is 6.15. The van der Waals surface area contributed by atoms with Crippen molar-refractivity contribution in [3.63, 3.8) is 0 Å². The summed E-state index contributed by atoms with van der Waals surface area (Å²) in [6.07, 6.45) is 4.65. The van der Waals surface area contributed by atoms with Gasteiger partial charge in [0, 0.05) is 37.6 Å². The molecule has 0 aliphatic carbocycles. The Bertz CT molecular complexity index is 640. The number of aromatic nitrogens is 1. The van der Waals surface area contributed by atoms with Crippen LogP contribution in [-0.2, 0) is 13.0 Å². The molecule has 0 aliphatic heterocycles. The number of rotatable bonds is 5. The van der Waals surface area contributed by atoms with Gasteiger partial charge in [-0.15, -0.1) is 0 Å². The lowest BCUT2D eigenvalue weighted by Gasteiger charge is -2.13. The van der Waals surface area contributed by atoms with Gasteiger partial charge in [0.1, 0.15) is 0 Å². The van der Waals surface area contributed by atoms with E-state index in [2.05, 4.69) is 33.6 Å². The fourth-order valence-corrected chi connectivity index (χ4v) is 2.34. The van der Waals surface area contributed by atoms with E-state index in [9.17, 15) is 0 Å². The molecule has 116 valence electrons. The van der Waals surface area contributed by atoms with E-state index in [0.29, 0.717) is 6.54 Å². The van der Waals surface area contributed by atoms with E-state index in [-0.39, 0.29) is 0 Å². The van der Waals surface area contributed by atoms with Crippen LogP contribution in [0.15, 0.2) is 47.7 Å². The van der Waals surface area contributed by atoms with E-state index in [1.165, 1.54) is 11.1 Å². The number of benzene rings is 1. The molecule has 22 heavy (non-hydrogen) atoms. The van der Waals surface area contributed by atoms with E-state index in [1.54, 1.807) is 7.05 Å². The highest BCUT2D eigenvalue weighted by Gasteiger charge is 2.02. The van der Waals surface area contributed by atoms with Gasteiger partial charge >= 0.3 is 0 Å². The molecule has 0 fully saturated rings. The van der Waals surface area contributed by atoms with Crippen molar-refractivity contribution in [2.75, 3.05) is 13.6 Å². The van der Waals surface area contributed by atoms with Gasteiger partial charge in [-0.25, -0.2) is 0 Å². The summed E-state index contributed by atoms with van der Waals surface area (Å²) in [7, 11) is 1.76. The van der Waals surface area contributed by atoms with Gasteiger partial charge < -0.3 is 10.6 Å². The van der Waals surface area contributed by atoms with Crippen molar-refractivity contribution in [2.24, 2.45) is 4.99 Å². The largest absolute Gasteiger partial charge is 0.356 e. The van der Waals surface area contributed by atoms with E-state index < -0.39 is 0 Å². The van der Waals surface area contributed by atoms with E-state index >= 15 is 0 Å². The molecule has 4 nitrogen and oxygen atoms in total. The van der Waals surface area contributed by atoms with Crippen LogP contribution in [0, 0.1) is 6.92 Å². The summed E-state index contributed by atoms with van der Waals surface area (Å²) in [5, 5.41) is 7.34. The average Bonchev–Trinajstić information content (AvgIpc) is 2.54. The van der Waals surface area contributed by atoms with Crippen molar-refractivity contribution in [1.82, 2.24) is 15.6 Å². The zero-order valence-corrected chi connectivity index (χ0v) is 13.7. The predicted molar refractivity (Wildman–Crippen MR) is 92.3 cm³/mol. The van der Waals surface area contributed by atoms with E-state index in [1.807, 2.05) is 36.7 Å². The first kappa shape index (κ1) is 16.3. The second kappa shape index (κ2) is 8.39. The maximum Gasteiger partial charge on any atom is 0.191 e. The quantitative estimate of drug-likeness (QED) is 0.658. The number of nitrogens with one attached hydrogen (secondary N) is 2. The molecule has 0 radical (unpaired) electrons. The molecule has 1 aromatic heterocycles. The molecule has 5 heteroatoms. The van der Waals surface area contributed by atoms with Crippen molar-refractivity contribution < 1.29 is 0 Å². The van der Waals surface area contributed by atoms with Crippen LogP contribution in [0.4, 0.5) is 0 Å². The molecule has 0 bridgehead atoms. The number of hydrogen-bond donors (Lipinski definition) is 2. The van der Waals surface area contributed by atoms with Crippen LogP contribution in [0.25, 0.3) is 0 Å². The Labute approximate surface area is 136 Å². The molecule has 0 atom stereocenters. The van der Waals surface area contributed by atoms with Crippen LogP contribution in [0.2, 0.25) is 5.02 Å². The molecular formula is C17H21ClN4. The van der Waals surface area contributed by atoms with Crippen molar-refractivity contribution in [3.8, 4) is 0 Å². The molecular weight excluding hydrogens is 296 g/mol. The summed E-state index contributed by atoms with van der Waals surface area (Å²) < 4.78 is 0. The van der Waals surface area contributed by atoms with Crippen molar-refractivity contribution in [1.29, 1.82) is 0 Å². The predicted octanol–water partition coefficient (Wildman–Crippen LogP) is 2.95. The van der Waals surface area contributed by atoms with Gasteiger partial charge in [-0.2, -0.15) is 0 Å². The van der Waals surface area contributed by atoms with Gasteiger partial charge in [0.2, 0.25) is 0 Å². The number of aliphatic imine (C=N–C) groups is 1. The number of hydrogen-bond acceptors (Lipinski definition) is 2. The zero-order valence-electron chi connectivity index (χ0n) is 12.9. The van der Waals surface area contributed by atoms with Crippen LogP contribution in [0.5, 0.6) is 0 Å². The summed E-state index contributed by atoms with van der Waals surface area (Å²) in [5.74, 6) is 0.770. The first-order valence-electron chi connectivity index (χ1n) is 7.28. The van der Waals surface area contributed by atoms with Gasteiger partial charge in [0.15, 0.2) is 5.96 Å². The van der Waals surface area contributed by atoms with Crippen molar-refractivity contribution >= 4 is 17.6 Å². The van der Waals surface area contributed by atoms with Crippen LogP contribution in [0.3, 0.4) is 0 Å². The second-order valence-corrected chi connectivity index (χ2v) is 5.40. The molecule has 0 spiro atoms. The smallest absolute Gasteiger partial charge is 0.191 e. The molecule has 1 heterocycles. The zero-order chi connectivity index (χ0) is 15.8. The summed E-state index contributed by atoms with van der Waals surface area (Å²) in [6.45, 7) is 3.54. The third kappa shape index (κ3) is 4.74. The molecule has 0 aliphatic rings. The Morgan fingerprint density at radius 3 is 2.73 bits per heavy atom. The summed E-state index contributed by atoms with van der Waals surface area (Å²) in [5.41, 5.74) is 3.56. The standard InChI is InChI=1S/C17H21ClN4/c1-13-11-20-9-7-14(13)8-10-21-17(19-2)22-12-15-5-3-4-6-16(15)18/h3-7,9,11H,8,10,12H2,1-2H3,(H2,19,21,22). The van der Waals surface area contributed by atoms with Crippen molar-refractivity contribution in [3.05, 3.63) is 64.4 Å². The van der Waals surface area contributed by atoms with Crippen LogP contribution < -0.4 is 10.6 Å². The van der Waals surface area contributed by atoms with Crippen LogP contribution >= 0.6 is 11.6 Å². The van der Waals surface area contributed by atoms with Gasteiger partial charge in [-0.3, -0.25) is 9.98 Å². The third-order valence-electron chi connectivity index (χ3n) is 3.45. The Hall–Kier alpha value is -2.07. The summed E-state index contributed by atoms with van der Waals surface area (Å²) >= 11 is 6.15. The number of pyridine rings is 1. The normalized spacial score (nSPS) is 11.3. The molecule has 2 N–H and O–H groups in total. The number of aryl methyl sites for hydroxylation is 1. The topological polar surface area (TPSA) is 49.3 Å². The van der Waals surface area contributed by atoms with Crippen LogP contribution in [0.1, 0.15) is 16.7 Å². The Balaban J connectivity index is 1.81. The van der Waals surface area contributed by atoms with E-state index in [4.69, 9.17) is 11.6 Å². The lowest BCUT2D eigenvalue weighted by atomic mass is 10.1. The summed E-state index contributed by atoms with van der Waals surface area (Å²) in [6, 6.07) is 9.85. The Morgan fingerprint density at radius 2 is 2.00 bits per heavy atom. The van der Waals surface area contributed by atoms with Gasteiger partial charge in [0.25, 0.3) is 0 Å². The monoisotopic (exact) mass is 316 g/mol. The average molecular weight is 317 g/mol. The number of guanidine groups is 1. The highest BCUT2D eigenvalue weighted by Crippen LogP contribution is 2.14. The Morgan fingerprint density at radius 1 is 1.18 bits per heavy atom. The van der Waals surface area contributed by atoms with E-state index in [0.717, 1.165) is 29.5 Å². The minimum atomic E-state index is 0.646. The first-order valence-corrected chi connectivity index (χ1v) is 7.66. The second-order valence-electron chi connectivity index (χ2n) is 5.00. The van der Waals surface area contributed by atoms with Gasteiger partial charge in [0.05, 0.1) is 0 Å². The SMILES string of the molecule is CN=C(NCCc1ccncc1C)NCc1ccccc1Cl. The van der Waals surface area contributed by atoms with Crippen molar-refractivity contribution in [2.45, 2.75) is 19.9 Å². The lowest BCUT2D eigenvalue weighted by molar-refractivity contribution is 0.792. The third-order valence-corrected chi connectivity index (χ3v) is 3.82. The minimum absolute atomic E-state index is 0.646. The first-order chi connectivity index (χ1) is 10.7. The molecule has 1 aromatic carbocycles. The fourth-order valence-electron chi connectivity index (χ4n) is 2.14. The molecule has 0 amide bonds. The van der Waals surface area contributed by atoms with Gasteiger partial charge in [-0.05, 0) is 42.2 Å². The lowest BCUT2D eigenvalue weighted by Crippen LogP contribution is -2.37. The molecule has 0 saturated heterocycles. The highest BCUT2D eigenvalue weighted by molar-refractivity contribution is 6.31. The minimum Gasteiger partial charge on any atom is -0.356 e. The summed E-state index contributed by atoms with van der Waals surface area (Å²) in [4.78, 5) is 8.33. The fraction of sp³-hybridized carbons (Fsp3) is 0.294. The molecule has 2 aromatic rings.